The number of carbonyl (C=O) groups excluding carboxylic acids is 1. The fourth-order valence-corrected chi connectivity index (χ4v) is 5.01. The second-order valence-electron chi connectivity index (χ2n) is 5.75. The van der Waals surface area contributed by atoms with Crippen LogP contribution in [-0.4, -0.2) is 28.9 Å². The lowest BCUT2D eigenvalue weighted by molar-refractivity contribution is 0.0693. The van der Waals surface area contributed by atoms with Crippen molar-refractivity contribution < 1.29 is 9.53 Å². The number of ether oxygens (including phenoxy) is 1. The van der Waals surface area contributed by atoms with Gasteiger partial charge in [0.15, 0.2) is 0 Å². The molecule has 6 heteroatoms. The second kappa shape index (κ2) is 6.98. The highest BCUT2D eigenvalue weighted by molar-refractivity contribution is 7.10. The summed E-state index contributed by atoms with van der Waals surface area (Å²) in [4.78, 5) is 22.1. The van der Waals surface area contributed by atoms with Crippen LogP contribution in [0.2, 0.25) is 0 Å². The molecule has 128 valence electrons. The van der Waals surface area contributed by atoms with Crippen LogP contribution >= 0.6 is 22.7 Å². The van der Waals surface area contributed by atoms with Gasteiger partial charge >= 0.3 is 0 Å². The molecule has 0 saturated heterocycles. The lowest BCUT2D eigenvalue weighted by Crippen LogP contribution is -2.40. The topological polar surface area (TPSA) is 42.4 Å². The van der Waals surface area contributed by atoms with Gasteiger partial charge in [-0.2, -0.15) is 0 Å². The number of nitrogens with zero attached hydrogens (tertiary/aromatic N) is 2. The van der Waals surface area contributed by atoms with Gasteiger partial charge in [0.1, 0.15) is 5.56 Å². The minimum absolute atomic E-state index is 0.0215. The summed E-state index contributed by atoms with van der Waals surface area (Å²) >= 11 is 3.47. The van der Waals surface area contributed by atoms with Crippen molar-refractivity contribution in [1.29, 1.82) is 0 Å². The summed E-state index contributed by atoms with van der Waals surface area (Å²) in [7, 11) is 0. The molecule has 0 aliphatic carbocycles. The Balaban J connectivity index is 1.75. The van der Waals surface area contributed by atoms with E-state index in [1.165, 1.54) is 15.3 Å². The number of carbonyl (C=O) groups is 1. The highest BCUT2D eigenvalue weighted by Crippen LogP contribution is 2.40. The smallest absolute Gasteiger partial charge is 0.260 e. The van der Waals surface area contributed by atoms with Crippen molar-refractivity contribution in [3.05, 3.63) is 68.2 Å². The highest BCUT2D eigenvalue weighted by atomic mass is 32.1. The van der Waals surface area contributed by atoms with Crippen LogP contribution < -0.4 is 4.74 Å². The maximum atomic E-state index is 13.3. The minimum Gasteiger partial charge on any atom is -0.477 e. The number of hydrogen-bond acceptors (Lipinski definition) is 5. The number of pyridine rings is 1. The summed E-state index contributed by atoms with van der Waals surface area (Å²) in [6.45, 7) is 3.09. The zero-order valence-corrected chi connectivity index (χ0v) is 15.5. The Morgan fingerprint density at radius 1 is 1.28 bits per heavy atom. The van der Waals surface area contributed by atoms with Gasteiger partial charge in [-0.05, 0) is 53.9 Å². The maximum absolute atomic E-state index is 13.3. The molecule has 3 aromatic rings. The summed E-state index contributed by atoms with van der Waals surface area (Å²) in [5.74, 6) is 0.392. The van der Waals surface area contributed by atoms with Crippen molar-refractivity contribution in [3.8, 4) is 5.88 Å². The van der Waals surface area contributed by atoms with Crippen molar-refractivity contribution in [2.45, 2.75) is 19.4 Å². The molecule has 4 heterocycles. The van der Waals surface area contributed by atoms with E-state index in [1.54, 1.807) is 41.0 Å². The van der Waals surface area contributed by atoms with Crippen LogP contribution in [0, 0.1) is 0 Å². The Morgan fingerprint density at radius 3 is 3.00 bits per heavy atom. The van der Waals surface area contributed by atoms with Crippen LogP contribution in [0.5, 0.6) is 5.88 Å². The zero-order chi connectivity index (χ0) is 17.2. The van der Waals surface area contributed by atoms with Crippen LogP contribution in [0.4, 0.5) is 0 Å². The first-order chi connectivity index (χ1) is 12.3. The molecule has 1 unspecified atom stereocenters. The summed E-state index contributed by atoms with van der Waals surface area (Å²) in [5, 5.41) is 4.18. The molecule has 4 nitrogen and oxygen atoms in total. The molecule has 0 aromatic carbocycles. The first kappa shape index (κ1) is 16.3. The predicted molar refractivity (Wildman–Crippen MR) is 101 cm³/mol. The van der Waals surface area contributed by atoms with Crippen molar-refractivity contribution in [1.82, 2.24) is 9.88 Å². The minimum atomic E-state index is -0.0304. The Labute approximate surface area is 154 Å². The van der Waals surface area contributed by atoms with Crippen molar-refractivity contribution in [3.63, 3.8) is 0 Å². The van der Waals surface area contributed by atoms with Crippen molar-refractivity contribution >= 4 is 28.6 Å². The second-order valence-corrected chi connectivity index (χ2v) is 7.73. The van der Waals surface area contributed by atoms with E-state index in [0.29, 0.717) is 24.6 Å². The Bertz CT molecular complexity index is 873. The van der Waals surface area contributed by atoms with Crippen LogP contribution in [-0.2, 0) is 6.42 Å². The highest BCUT2D eigenvalue weighted by Gasteiger charge is 2.35. The van der Waals surface area contributed by atoms with Gasteiger partial charge in [0.25, 0.3) is 5.91 Å². The van der Waals surface area contributed by atoms with Gasteiger partial charge in [-0.15, -0.1) is 22.7 Å². The van der Waals surface area contributed by atoms with E-state index in [0.717, 1.165) is 6.42 Å². The van der Waals surface area contributed by atoms with E-state index >= 15 is 0 Å². The van der Waals surface area contributed by atoms with Gasteiger partial charge < -0.3 is 9.64 Å². The predicted octanol–water partition coefficient (Wildman–Crippen LogP) is 4.39. The molecule has 1 aliphatic heterocycles. The molecule has 0 N–H and O–H groups in total. The number of rotatable bonds is 4. The fraction of sp³-hybridized carbons (Fsp3) is 0.263. The molecular formula is C19H18N2O2S2. The number of aromatic nitrogens is 1. The average molecular weight is 370 g/mol. The third-order valence-corrected chi connectivity index (χ3v) is 6.24. The maximum Gasteiger partial charge on any atom is 0.260 e. The summed E-state index contributed by atoms with van der Waals surface area (Å²) in [6.07, 6.45) is 2.55. The lowest BCUT2D eigenvalue weighted by atomic mass is 9.97. The van der Waals surface area contributed by atoms with Crippen molar-refractivity contribution in [2.24, 2.45) is 0 Å². The summed E-state index contributed by atoms with van der Waals surface area (Å²) in [5.41, 5.74) is 1.78. The third kappa shape index (κ3) is 2.96. The van der Waals surface area contributed by atoms with E-state index in [9.17, 15) is 4.79 Å². The number of fused-ring (bicyclic) bond motifs is 1. The Morgan fingerprint density at radius 2 is 2.20 bits per heavy atom. The molecule has 25 heavy (non-hydrogen) atoms. The number of thiophene rings is 2. The molecule has 0 spiro atoms. The molecule has 0 bridgehead atoms. The molecular weight excluding hydrogens is 352 g/mol. The first-order valence-electron chi connectivity index (χ1n) is 8.28. The number of hydrogen-bond donors (Lipinski definition) is 0. The number of amides is 1. The van der Waals surface area contributed by atoms with E-state index in [-0.39, 0.29) is 11.9 Å². The summed E-state index contributed by atoms with van der Waals surface area (Å²) < 4.78 is 5.58. The molecule has 0 saturated carbocycles. The SMILES string of the molecule is CCOc1ncccc1C(=O)N1CCc2sccc2C1c1cccs1. The standard InChI is InChI=1S/C19H18N2O2S2/c1-2-23-18-14(5-3-9-20-18)19(22)21-10-7-15-13(8-12-25-15)17(21)16-6-4-11-24-16/h3-6,8-9,11-12,17H,2,7,10H2,1H3. The monoisotopic (exact) mass is 370 g/mol. The van der Waals surface area contributed by atoms with E-state index in [4.69, 9.17) is 4.74 Å². The summed E-state index contributed by atoms with van der Waals surface area (Å²) in [6, 6.07) is 9.85. The van der Waals surface area contributed by atoms with Crippen LogP contribution in [0.1, 0.15) is 38.6 Å². The Hall–Kier alpha value is -2.18. The van der Waals surface area contributed by atoms with Crippen molar-refractivity contribution in [2.75, 3.05) is 13.2 Å². The van der Waals surface area contributed by atoms with E-state index < -0.39 is 0 Å². The van der Waals surface area contributed by atoms with E-state index in [2.05, 4.69) is 27.9 Å². The molecule has 1 amide bonds. The molecule has 1 aliphatic rings. The van der Waals surface area contributed by atoms with Gasteiger partial charge in [0, 0.05) is 22.5 Å². The largest absolute Gasteiger partial charge is 0.477 e. The van der Waals surface area contributed by atoms with Crippen LogP contribution in [0.25, 0.3) is 0 Å². The molecule has 0 radical (unpaired) electrons. The molecule has 3 aromatic heterocycles. The molecule has 1 atom stereocenters. The van der Waals surface area contributed by atoms with E-state index in [1.807, 2.05) is 17.9 Å². The van der Waals surface area contributed by atoms with Crippen LogP contribution in [0.15, 0.2) is 47.3 Å². The fourth-order valence-electron chi connectivity index (χ4n) is 3.25. The zero-order valence-electron chi connectivity index (χ0n) is 13.8. The Kier molecular flexibility index (Phi) is 4.55. The molecule has 0 fully saturated rings. The molecule has 4 rings (SSSR count). The van der Waals surface area contributed by atoms with Gasteiger partial charge in [0.05, 0.1) is 12.6 Å². The van der Waals surface area contributed by atoms with Gasteiger partial charge in [-0.3, -0.25) is 4.79 Å². The van der Waals surface area contributed by atoms with Crippen LogP contribution in [0.3, 0.4) is 0 Å². The third-order valence-electron chi connectivity index (χ3n) is 4.32. The normalized spacial score (nSPS) is 16.5. The van der Waals surface area contributed by atoms with Gasteiger partial charge in [-0.1, -0.05) is 6.07 Å². The average Bonchev–Trinajstić information content (AvgIpc) is 3.32. The van der Waals surface area contributed by atoms with Gasteiger partial charge in [-0.25, -0.2) is 4.98 Å². The first-order valence-corrected chi connectivity index (χ1v) is 10.0. The van der Waals surface area contributed by atoms with Gasteiger partial charge in [0.2, 0.25) is 5.88 Å². The quantitative estimate of drug-likeness (QED) is 0.684. The lowest BCUT2D eigenvalue weighted by Gasteiger charge is -2.35.